The number of fused-ring (bicyclic) bond motifs is 4. The lowest BCUT2D eigenvalue weighted by Gasteiger charge is -2.46. The normalized spacial score (nSPS) is 28.1. The monoisotopic (exact) mass is 402 g/mol. The standard InChI is InChI=1S/C25H23ClN2O/c26-18-7-9-19(10-8-18)27-25(29)17-11-22-20-5-1-3-15(20)13-28-14-16-4-2-6-21(16)23(12-17)24(22)28/h1-2,5-12,15-16,20-21H,3-4,13-14H2,(H,27,29)/t15-,16-,20-,21-/m1/s1. The van der Waals surface area contributed by atoms with E-state index in [1.807, 2.05) is 12.1 Å². The Morgan fingerprint density at radius 2 is 1.52 bits per heavy atom. The van der Waals surface area contributed by atoms with Gasteiger partial charge in [0.2, 0.25) is 0 Å². The van der Waals surface area contributed by atoms with Gasteiger partial charge in [0.15, 0.2) is 0 Å². The number of nitrogens with one attached hydrogen (secondary N) is 1. The van der Waals surface area contributed by atoms with Gasteiger partial charge in [-0.15, -0.1) is 0 Å². The molecule has 0 unspecified atom stereocenters. The van der Waals surface area contributed by atoms with Gasteiger partial charge >= 0.3 is 0 Å². The summed E-state index contributed by atoms with van der Waals surface area (Å²) in [7, 11) is 0. The van der Waals surface area contributed by atoms with Gasteiger partial charge in [0.25, 0.3) is 5.91 Å². The molecule has 146 valence electrons. The van der Waals surface area contributed by atoms with Crippen molar-refractivity contribution in [2.24, 2.45) is 11.8 Å². The number of nitrogens with zero attached hydrogens (tertiary/aromatic N) is 1. The van der Waals surface area contributed by atoms with E-state index in [0.29, 0.717) is 28.7 Å². The predicted molar refractivity (Wildman–Crippen MR) is 118 cm³/mol. The van der Waals surface area contributed by atoms with Crippen molar-refractivity contribution in [1.82, 2.24) is 0 Å². The summed E-state index contributed by atoms with van der Waals surface area (Å²) in [5, 5.41) is 3.71. The van der Waals surface area contributed by atoms with Crippen molar-refractivity contribution in [2.45, 2.75) is 24.7 Å². The third-order valence-electron chi connectivity index (χ3n) is 7.06. The Hall–Kier alpha value is -2.52. The van der Waals surface area contributed by atoms with Crippen LogP contribution >= 0.6 is 11.6 Å². The van der Waals surface area contributed by atoms with Gasteiger partial charge in [0.1, 0.15) is 0 Å². The number of carbonyl (C=O) groups is 1. The molecule has 2 heterocycles. The van der Waals surface area contributed by atoms with Gasteiger partial charge in [-0.1, -0.05) is 35.9 Å². The molecule has 4 aliphatic rings. The van der Waals surface area contributed by atoms with Crippen molar-refractivity contribution >= 4 is 28.9 Å². The van der Waals surface area contributed by atoms with E-state index in [4.69, 9.17) is 11.6 Å². The SMILES string of the molecule is O=C(Nc1ccc(Cl)cc1)c1cc2c3c(c1)[C@@H]1C=CC[C@@H]1CN3C[C@H]1CC=C[C@@H]21. The number of amides is 1. The summed E-state index contributed by atoms with van der Waals surface area (Å²) in [5.74, 6) is 2.09. The molecule has 4 atom stereocenters. The second-order valence-electron chi connectivity index (χ2n) is 8.77. The van der Waals surface area contributed by atoms with Crippen LogP contribution < -0.4 is 10.2 Å². The highest BCUT2D eigenvalue weighted by Crippen LogP contribution is 2.53. The fraction of sp³-hybridized carbons (Fsp3) is 0.320. The molecule has 29 heavy (non-hydrogen) atoms. The summed E-state index contributed by atoms with van der Waals surface area (Å²) in [6.45, 7) is 2.27. The zero-order valence-corrected chi connectivity index (χ0v) is 16.9. The lowest BCUT2D eigenvalue weighted by Crippen LogP contribution is -2.43. The smallest absolute Gasteiger partial charge is 0.255 e. The maximum Gasteiger partial charge on any atom is 0.255 e. The number of rotatable bonds is 2. The molecule has 1 N–H and O–H groups in total. The van der Waals surface area contributed by atoms with E-state index in [0.717, 1.165) is 37.2 Å². The Morgan fingerprint density at radius 3 is 2.10 bits per heavy atom. The fourth-order valence-electron chi connectivity index (χ4n) is 5.74. The molecule has 2 aliphatic heterocycles. The molecule has 4 heteroatoms. The highest BCUT2D eigenvalue weighted by molar-refractivity contribution is 6.30. The number of carbonyl (C=O) groups excluding carboxylic acids is 1. The second-order valence-corrected chi connectivity index (χ2v) is 9.21. The third-order valence-corrected chi connectivity index (χ3v) is 7.31. The fourth-order valence-corrected chi connectivity index (χ4v) is 5.87. The van der Waals surface area contributed by atoms with Crippen LogP contribution in [0.5, 0.6) is 0 Å². The van der Waals surface area contributed by atoms with Crippen molar-refractivity contribution in [1.29, 1.82) is 0 Å². The van der Waals surface area contributed by atoms with E-state index >= 15 is 0 Å². The van der Waals surface area contributed by atoms with E-state index in [1.165, 1.54) is 16.8 Å². The van der Waals surface area contributed by atoms with Gasteiger partial charge in [-0.3, -0.25) is 4.79 Å². The Labute approximate surface area is 176 Å². The van der Waals surface area contributed by atoms with Crippen LogP contribution in [0, 0.1) is 11.8 Å². The van der Waals surface area contributed by atoms with Gasteiger partial charge in [0.05, 0.1) is 0 Å². The number of anilines is 2. The minimum absolute atomic E-state index is 0.0499. The maximum absolute atomic E-state index is 13.1. The lowest BCUT2D eigenvalue weighted by molar-refractivity contribution is 0.102. The molecule has 0 saturated carbocycles. The molecule has 0 fully saturated rings. The van der Waals surface area contributed by atoms with E-state index in [2.05, 4.69) is 46.7 Å². The Bertz CT molecular complexity index is 1000. The molecule has 0 aromatic heterocycles. The first-order chi connectivity index (χ1) is 14.2. The summed E-state index contributed by atoms with van der Waals surface area (Å²) in [4.78, 5) is 15.7. The number of hydrogen-bond acceptors (Lipinski definition) is 2. The minimum Gasteiger partial charge on any atom is -0.370 e. The van der Waals surface area contributed by atoms with Crippen LogP contribution in [0.25, 0.3) is 0 Å². The molecular formula is C25H23ClN2O. The van der Waals surface area contributed by atoms with Gasteiger partial charge < -0.3 is 10.2 Å². The molecule has 2 aromatic rings. The van der Waals surface area contributed by atoms with Crippen LogP contribution in [0.15, 0.2) is 60.7 Å². The highest BCUT2D eigenvalue weighted by atomic mass is 35.5. The summed E-state index contributed by atoms with van der Waals surface area (Å²) in [5.41, 5.74) is 5.61. The number of hydrogen-bond donors (Lipinski definition) is 1. The van der Waals surface area contributed by atoms with Crippen LogP contribution in [-0.4, -0.2) is 19.0 Å². The Kier molecular flexibility index (Phi) is 3.89. The topological polar surface area (TPSA) is 32.3 Å². The van der Waals surface area contributed by atoms with Gasteiger partial charge in [-0.05, 0) is 72.2 Å². The van der Waals surface area contributed by atoms with Crippen LogP contribution in [0.2, 0.25) is 5.02 Å². The van der Waals surface area contributed by atoms with Gasteiger partial charge in [0, 0.05) is 46.9 Å². The zero-order valence-electron chi connectivity index (χ0n) is 16.1. The zero-order chi connectivity index (χ0) is 19.5. The first-order valence-electron chi connectivity index (χ1n) is 10.5. The molecule has 0 saturated heterocycles. The van der Waals surface area contributed by atoms with E-state index in [-0.39, 0.29) is 5.91 Å². The molecule has 2 aromatic carbocycles. The van der Waals surface area contributed by atoms with Crippen molar-refractivity contribution in [3.63, 3.8) is 0 Å². The summed E-state index contributed by atoms with van der Waals surface area (Å²) in [6.07, 6.45) is 11.6. The third kappa shape index (κ3) is 2.75. The quantitative estimate of drug-likeness (QED) is 0.649. The summed E-state index contributed by atoms with van der Waals surface area (Å²) in [6, 6.07) is 11.6. The van der Waals surface area contributed by atoms with Crippen LogP contribution in [0.1, 0.15) is 46.2 Å². The molecule has 6 rings (SSSR count). The molecule has 0 bridgehead atoms. The number of halogens is 1. The minimum atomic E-state index is -0.0499. The molecule has 3 nitrogen and oxygen atoms in total. The van der Waals surface area contributed by atoms with Crippen LogP contribution in [0.4, 0.5) is 11.4 Å². The van der Waals surface area contributed by atoms with Crippen molar-refractivity contribution in [2.75, 3.05) is 23.3 Å². The number of allylic oxidation sites excluding steroid dienone is 4. The molecule has 1 amide bonds. The summed E-state index contributed by atoms with van der Waals surface area (Å²) >= 11 is 5.98. The van der Waals surface area contributed by atoms with E-state index in [1.54, 1.807) is 12.1 Å². The molecular weight excluding hydrogens is 380 g/mol. The maximum atomic E-state index is 13.1. The van der Waals surface area contributed by atoms with Gasteiger partial charge in [-0.25, -0.2) is 0 Å². The predicted octanol–water partition coefficient (Wildman–Crippen LogP) is 5.75. The Balaban J connectivity index is 1.44. The average molecular weight is 403 g/mol. The first kappa shape index (κ1) is 17.3. The largest absolute Gasteiger partial charge is 0.370 e. The molecule has 2 aliphatic carbocycles. The summed E-state index contributed by atoms with van der Waals surface area (Å²) < 4.78 is 0. The highest BCUT2D eigenvalue weighted by Gasteiger charge is 2.42. The lowest BCUT2D eigenvalue weighted by atomic mass is 9.74. The average Bonchev–Trinajstić information content (AvgIpc) is 3.39. The second kappa shape index (κ2) is 6.50. The molecule has 0 radical (unpaired) electrons. The van der Waals surface area contributed by atoms with E-state index in [9.17, 15) is 4.79 Å². The van der Waals surface area contributed by atoms with Crippen molar-refractivity contribution < 1.29 is 4.79 Å². The number of benzene rings is 2. The Morgan fingerprint density at radius 1 is 0.931 bits per heavy atom. The van der Waals surface area contributed by atoms with E-state index < -0.39 is 0 Å². The van der Waals surface area contributed by atoms with Crippen LogP contribution in [-0.2, 0) is 0 Å². The molecule has 0 spiro atoms. The van der Waals surface area contributed by atoms with Crippen molar-refractivity contribution in [3.05, 3.63) is 82.4 Å². The van der Waals surface area contributed by atoms with Crippen molar-refractivity contribution in [3.8, 4) is 0 Å². The van der Waals surface area contributed by atoms with Gasteiger partial charge in [-0.2, -0.15) is 0 Å². The first-order valence-corrected chi connectivity index (χ1v) is 10.9. The van der Waals surface area contributed by atoms with Crippen LogP contribution in [0.3, 0.4) is 0 Å².